The van der Waals surface area contributed by atoms with Gasteiger partial charge in [-0.2, -0.15) is 0 Å². The Balaban J connectivity index is 2.64. The summed E-state index contributed by atoms with van der Waals surface area (Å²) in [5.74, 6) is 0.209. The van der Waals surface area contributed by atoms with Crippen molar-refractivity contribution in [3.05, 3.63) is 35.4 Å². The van der Waals surface area contributed by atoms with Gasteiger partial charge >= 0.3 is 0 Å². The zero-order valence-electron chi connectivity index (χ0n) is 10.3. The first-order valence-electron chi connectivity index (χ1n) is 5.52. The molecule has 0 unspecified atom stereocenters. The summed E-state index contributed by atoms with van der Waals surface area (Å²) < 4.78 is 0. The number of hydrogen-bond donors (Lipinski definition) is 3. The quantitative estimate of drug-likeness (QED) is 0.536. The second-order valence-electron chi connectivity index (χ2n) is 5.13. The zero-order chi connectivity index (χ0) is 12.2. The maximum absolute atomic E-state index is 7.27. The molecular formula is C13H21N3. The fourth-order valence-electron chi connectivity index (χ4n) is 1.44. The summed E-state index contributed by atoms with van der Waals surface area (Å²) in [4.78, 5) is 0. The van der Waals surface area contributed by atoms with Crippen LogP contribution in [0, 0.1) is 5.41 Å². The molecule has 0 bridgehead atoms. The molecule has 0 heterocycles. The topological polar surface area (TPSA) is 61.9 Å². The smallest absolute Gasteiger partial charge is 0.0950 e. The molecule has 1 rings (SSSR count). The predicted octanol–water partition coefficient (Wildman–Crippen LogP) is 2.05. The van der Waals surface area contributed by atoms with Crippen molar-refractivity contribution < 1.29 is 0 Å². The van der Waals surface area contributed by atoms with E-state index in [-0.39, 0.29) is 11.4 Å². The molecule has 1 aromatic carbocycles. The third-order valence-corrected chi connectivity index (χ3v) is 2.21. The molecule has 3 nitrogen and oxygen atoms in total. The van der Waals surface area contributed by atoms with E-state index in [1.54, 1.807) is 0 Å². The first kappa shape index (κ1) is 12.7. The van der Waals surface area contributed by atoms with Crippen LogP contribution >= 0.6 is 0 Å². The fraction of sp³-hybridized carbons (Fsp3) is 0.462. The highest BCUT2D eigenvalue weighted by molar-refractivity contribution is 5.79. The van der Waals surface area contributed by atoms with E-state index in [9.17, 15) is 0 Å². The first-order valence-corrected chi connectivity index (χ1v) is 5.52. The molecule has 3 heteroatoms. The Bertz CT molecular complexity index is 364. The highest BCUT2D eigenvalue weighted by Crippen LogP contribution is 2.08. The van der Waals surface area contributed by atoms with Crippen molar-refractivity contribution in [1.29, 1.82) is 5.41 Å². The SMILES string of the molecule is CC(C)(C)NCc1cccc(CC(=N)N)c1. The Kier molecular flexibility index (Phi) is 4.07. The largest absolute Gasteiger partial charge is 0.387 e. The maximum atomic E-state index is 7.27. The lowest BCUT2D eigenvalue weighted by atomic mass is 10.1. The standard InChI is InChI=1S/C13H21N3/c1-13(2,3)16-9-11-6-4-5-10(7-11)8-12(14)15/h4-7,16H,8-9H2,1-3H3,(H3,14,15). The third-order valence-electron chi connectivity index (χ3n) is 2.21. The van der Waals surface area contributed by atoms with E-state index < -0.39 is 0 Å². The maximum Gasteiger partial charge on any atom is 0.0950 e. The van der Waals surface area contributed by atoms with E-state index in [1.165, 1.54) is 5.56 Å². The average Bonchev–Trinajstić information content (AvgIpc) is 2.13. The lowest BCUT2D eigenvalue weighted by Crippen LogP contribution is -2.35. The Morgan fingerprint density at radius 2 is 1.94 bits per heavy atom. The highest BCUT2D eigenvalue weighted by Gasteiger charge is 2.08. The van der Waals surface area contributed by atoms with E-state index >= 15 is 0 Å². The van der Waals surface area contributed by atoms with E-state index in [1.807, 2.05) is 12.1 Å². The summed E-state index contributed by atoms with van der Waals surface area (Å²) in [5.41, 5.74) is 7.84. The van der Waals surface area contributed by atoms with Gasteiger partial charge in [0.25, 0.3) is 0 Å². The van der Waals surface area contributed by atoms with Crippen LogP contribution in [0.1, 0.15) is 31.9 Å². The molecule has 0 atom stereocenters. The second-order valence-corrected chi connectivity index (χ2v) is 5.13. The molecule has 4 N–H and O–H groups in total. The van der Waals surface area contributed by atoms with Crippen molar-refractivity contribution in [2.24, 2.45) is 5.73 Å². The van der Waals surface area contributed by atoms with Gasteiger partial charge in [0.2, 0.25) is 0 Å². The van der Waals surface area contributed by atoms with E-state index in [4.69, 9.17) is 11.1 Å². The van der Waals surface area contributed by atoms with E-state index in [2.05, 4.69) is 38.2 Å². The van der Waals surface area contributed by atoms with Crippen molar-refractivity contribution in [1.82, 2.24) is 5.32 Å². The summed E-state index contributed by atoms with van der Waals surface area (Å²) in [7, 11) is 0. The highest BCUT2D eigenvalue weighted by atomic mass is 14.9. The number of benzene rings is 1. The van der Waals surface area contributed by atoms with Gasteiger partial charge in [0.15, 0.2) is 0 Å². The van der Waals surface area contributed by atoms with Gasteiger partial charge in [-0.1, -0.05) is 24.3 Å². The Morgan fingerprint density at radius 3 is 2.50 bits per heavy atom. The lowest BCUT2D eigenvalue weighted by molar-refractivity contribution is 0.424. The van der Waals surface area contributed by atoms with E-state index in [0.717, 1.165) is 12.1 Å². The molecule has 0 radical (unpaired) electrons. The second kappa shape index (κ2) is 5.12. The Morgan fingerprint density at radius 1 is 1.31 bits per heavy atom. The van der Waals surface area contributed by atoms with Crippen LogP contribution in [-0.4, -0.2) is 11.4 Å². The molecule has 0 aliphatic rings. The number of nitrogens with two attached hydrogens (primary N) is 1. The van der Waals surface area contributed by atoms with Gasteiger partial charge in [-0.25, -0.2) is 0 Å². The van der Waals surface area contributed by atoms with Gasteiger partial charge in [0.1, 0.15) is 0 Å². The first-order chi connectivity index (χ1) is 7.37. The molecule has 0 aliphatic heterocycles. The van der Waals surface area contributed by atoms with Crippen LogP contribution in [0.15, 0.2) is 24.3 Å². The molecular weight excluding hydrogens is 198 g/mol. The van der Waals surface area contributed by atoms with Crippen LogP contribution in [0.25, 0.3) is 0 Å². The van der Waals surface area contributed by atoms with Gasteiger partial charge < -0.3 is 11.1 Å². The van der Waals surface area contributed by atoms with Crippen LogP contribution in [-0.2, 0) is 13.0 Å². The normalized spacial score (nSPS) is 11.4. The van der Waals surface area contributed by atoms with Gasteiger partial charge in [-0.15, -0.1) is 0 Å². The number of amidine groups is 1. The summed E-state index contributed by atoms with van der Waals surface area (Å²) >= 11 is 0. The Hall–Kier alpha value is -1.35. The molecule has 88 valence electrons. The number of nitrogens with one attached hydrogen (secondary N) is 2. The van der Waals surface area contributed by atoms with Crippen LogP contribution < -0.4 is 11.1 Å². The van der Waals surface area contributed by atoms with Crippen LogP contribution in [0.5, 0.6) is 0 Å². The predicted molar refractivity (Wildman–Crippen MR) is 68.7 cm³/mol. The van der Waals surface area contributed by atoms with Crippen LogP contribution in [0.2, 0.25) is 0 Å². The minimum absolute atomic E-state index is 0.122. The monoisotopic (exact) mass is 219 g/mol. The Labute approximate surface area is 97.6 Å². The summed E-state index contributed by atoms with van der Waals surface area (Å²) in [6, 6.07) is 8.20. The van der Waals surface area contributed by atoms with Crippen molar-refractivity contribution in [2.45, 2.75) is 39.3 Å². The number of hydrogen-bond acceptors (Lipinski definition) is 2. The van der Waals surface area contributed by atoms with Crippen molar-refractivity contribution in [2.75, 3.05) is 0 Å². The van der Waals surface area contributed by atoms with Gasteiger partial charge in [0, 0.05) is 18.5 Å². The third kappa shape index (κ3) is 4.94. The summed E-state index contributed by atoms with van der Waals surface area (Å²) in [6.45, 7) is 7.28. The van der Waals surface area contributed by atoms with Crippen LogP contribution in [0.4, 0.5) is 0 Å². The van der Waals surface area contributed by atoms with Crippen molar-refractivity contribution >= 4 is 5.84 Å². The molecule has 1 aromatic rings. The fourth-order valence-corrected chi connectivity index (χ4v) is 1.44. The molecule has 0 saturated heterocycles. The zero-order valence-corrected chi connectivity index (χ0v) is 10.3. The summed E-state index contributed by atoms with van der Waals surface area (Å²) in [5, 5.41) is 10.7. The molecule has 0 aliphatic carbocycles. The van der Waals surface area contributed by atoms with Crippen molar-refractivity contribution in [3.8, 4) is 0 Å². The number of rotatable bonds is 4. The van der Waals surface area contributed by atoms with E-state index in [0.29, 0.717) is 6.42 Å². The van der Waals surface area contributed by atoms with Crippen LogP contribution in [0.3, 0.4) is 0 Å². The van der Waals surface area contributed by atoms with Gasteiger partial charge in [0.05, 0.1) is 5.84 Å². The molecule has 16 heavy (non-hydrogen) atoms. The van der Waals surface area contributed by atoms with Gasteiger partial charge in [-0.05, 0) is 31.9 Å². The minimum Gasteiger partial charge on any atom is -0.387 e. The molecule has 0 amide bonds. The molecule has 0 spiro atoms. The average molecular weight is 219 g/mol. The molecule has 0 aromatic heterocycles. The van der Waals surface area contributed by atoms with Gasteiger partial charge in [-0.3, -0.25) is 5.41 Å². The molecule has 0 saturated carbocycles. The molecule has 0 fully saturated rings. The lowest BCUT2D eigenvalue weighted by Gasteiger charge is -2.20. The summed E-state index contributed by atoms with van der Waals surface area (Å²) in [6.07, 6.45) is 0.531. The minimum atomic E-state index is 0.122. The van der Waals surface area contributed by atoms with Crippen molar-refractivity contribution in [3.63, 3.8) is 0 Å².